The van der Waals surface area contributed by atoms with Crippen LogP contribution >= 0.6 is 11.6 Å². The summed E-state index contributed by atoms with van der Waals surface area (Å²) in [5, 5.41) is 6.73. The van der Waals surface area contributed by atoms with Gasteiger partial charge in [0.15, 0.2) is 0 Å². The first-order valence-electron chi connectivity index (χ1n) is 7.94. The molecule has 2 aromatic carbocycles. The van der Waals surface area contributed by atoms with E-state index in [0.717, 1.165) is 16.8 Å². The zero-order valence-corrected chi connectivity index (χ0v) is 14.5. The fourth-order valence-electron chi connectivity index (χ4n) is 2.37. The van der Waals surface area contributed by atoms with Crippen molar-refractivity contribution in [2.45, 2.75) is 13.5 Å². The molecule has 2 N–H and O–H groups in total. The number of carbonyl (C=O) groups is 1. The van der Waals surface area contributed by atoms with Gasteiger partial charge in [0, 0.05) is 23.5 Å². The molecule has 25 heavy (non-hydrogen) atoms. The van der Waals surface area contributed by atoms with Gasteiger partial charge in [-0.3, -0.25) is 4.79 Å². The normalized spacial score (nSPS) is 10.3. The summed E-state index contributed by atoms with van der Waals surface area (Å²) < 4.78 is 0. The van der Waals surface area contributed by atoms with Crippen molar-refractivity contribution in [3.63, 3.8) is 0 Å². The Morgan fingerprint density at radius 2 is 1.80 bits per heavy atom. The van der Waals surface area contributed by atoms with Gasteiger partial charge >= 0.3 is 0 Å². The van der Waals surface area contributed by atoms with E-state index in [4.69, 9.17) is 11.6 Å². The van der Waals surface area contributed by atoms with E-state index in [1.807, 2.05) is 49.4 Å². The Labute approximate surface area is 151 Å². The molecule has 4 nitrogen and oxygen atoms in total. The Kier molecular flexibility index (Phi) is 5.31. The van der Waals surface area contributed by atoms with E-state index in [0.29, 0.717) is 22.9 Å². The van der Waals surface area contributed by atoms with Gasteiger partial charge in [-0.25, -0.2) is 4.98 Å². The Bertz CT molecular complexity index is 878. The lowest BCUT2D eigenvalue weighted by molar-refractivity contribution is 0.0950. The van der Waals surface area contributed by atoms with Gasteiger partial charge in [0.2, 0.25) is 0 Å². The number of carbonyl (C=O) groups excluding carboxylic acids is 1. The first kappa shape index (κ1) is 17.0. The van der Waals surface area contributed by atoms with Crippen molar-refractivity contribution >= 4 is 29.0 Å². The molecule has 126 valence electrons. The lowest BCUT2D eigenvalue weighted by Gasteiger charge is -2.10. The molecule has 1 amide bonds. The first-order chi connectivity index (χ1) is 12.1. The zero-order valence-electron chi connectivity index (χ0n) is 13.8. The number of pyridine rings is 1. The molecule has 0 saturated heterocycles. The highest BCUT2D eigenvalue weighted by atomic mass is 35.5. The van der Waals surface area contributed by atoms with Gasteiger partial charge in [-0.2, -0.15) is 0 Å². The first-order valence-corrected chi connectivity index (χ1v) is 8.31. The van der Waals surface area contributed by atoms with Crippen LogP contribution in [0.5, 0.6) is 0 Å². The molecule has 0 aliphatic heterocycles. The number of anilines is 2. The fraction of sp³-hybridized carbons (Fsp3) is 0.100. The van der Waals surface area contributed by atoms with Gasteiger partial charge in [0.25, 0.3) is 5.91 Å². The van der Waals surface area contributed by atoms with E-state index >= 15 is 0 Å². The van der Waals surface area contributed by atoms with Crippen LogP contribution in [-0.2, 0) is 6.54 Å². The molecule has 0 aliphatic rings. The standard InChI is InChI=1S/C20H18ClN3O/c1-14-6-2-5-9-18(14)24-19-11-10-16(13-22-19)20(25)23-12-15-7-3-4-8-17(15)21/h2-11,13H,12H2,1H3,(H,22,24)(H,23,25). The van der Waals surface area contributed by atoms with Gasteiger partial charge in [-0.15, -0.1) is 0 Å². The van der Waals surface area contributed by atoms with E-state index < -0.39 is 0 Å². The number of aromatic nitrogens is 1. The Hall–Kier alpha value is -2.85. The third kappa shape index (κ3) is 4.37. The second kappa shape index (κ2) is 7.81. The predicted molar refractivity (Wildman–Crippen MR) is 101 cm³/mol. The molecule has 3 aromatic rings. The summed E-state index contributed by atoms with van der Waals surface area (Å²) in [5.74, 6) is 0.506. The van der Waals surface area contributed by atoms with Crippen molar-refractivity contribution in [1.29, 1.82) is 0 Å². The average Bonchev–Trinajstić information content (AvgIpc) is 2.63. The van der Waals surface area contributed by atoms with E-state index in [9.17, 15) is 4.79 Å². The van der Waals surface area contributed by atoms with Crippen molar-refractivity contribution in [3.05, 3.63) is 88.6 Å². The number of aryl methyl sites for hydroxylation is 1. The monoisotopic (exact) mass is 351 g/mol. The maximum absolute atomic E-state index is 12.2. The molecule has 1 heterocycles. The number of nitrogens with zero attached hydrogens (tertiary/aromatic N) is 1. The second-order valence-electron chi connectivity index (χ2n) is 5.65. The van der Waals surface area contributed by atoms with E-state index in [1.54, 1.807) is 24.4 Å². The van der Waals surface area contributed by atoms with Crippen molar-refractivity contribution in [1.82, 2.24) is 10.3 Å². The molecule has 3 rings (SSSR count). The highest BCUT2D eigenvalue weighted by molar-refractivity contribution is 6.31. The van der Waals surface area contributed by atoms with Crippen molar-refractivity contribution in [2.75, 3.05) is 5.32 Å². The van der Waals surface area contributed by atoms with Gasteiger partial charge in [0.05, 0.1) is 5.56 Å². The van der Waals surface area contributed by atoms with Crippen molar-refractivity contribution in [3.8, 4) is 0 Å². The minimum absolute atomic E-state index is 0.185. The minimum atomic E-state index is -0.185. The Morgan fingerprint density at radius 3 is 2.52 bits per heavy atom. The SMILES string of the molecule is Cc1ccccc1Nc1ccc(C(=O)NCc2ccccc2Cl)cn1. The highest BCUT2D eigenvalue weighted by Gasteiger charge is 2.08. The summed E-state index contributed by atoms with van der Waals surface area (Å²) in [6.07, 6.45) is 1.56. The van der Waals surface area contributed by atoms with Crippen molar-refractivity contribution in [2.24, 2.45) is 0 Å². The highest BCUT2D eigenvalue weighted by Crippen LogP contribution is 2.19. The topological polar surface area (TPSA) is 54.0 Å². The largest absolute Gasteiger partial charge is 0.348 e. The Morgan fingerprint density at radius 1 is 1.04 bits per heavy atom. The molecular formula is C20H18ClN3O. The van der Waals surface area contributed by atoms with Crippen LogP contribution < -0.4 is 10.6 Å². The van der Waals surface area contributed by atoms with Crippen LogP contribution in [-0.4, -0.2) is 10.9 Å². The van der Waals surface area contributed by atoms with Gasteiger partial charge in [-0.1, -0.05) is 48.0 Å². The smallest absolute Gasteiger partial charge is 0.253 e. The van der Waals surface area contributed by atoms with Crippen molar-refractivity contribution < 1.29 is 4.79 Å². The van der Waals surface area contributed by atoms with Gasteiger partial charge in [0.1, 0.15) is 5.82 Å². The third-order valence-electron chi connectivity index (χ3n) is 3.83. The summed E-state index contributed by atoms with van der Waals surface area (Å²) in [6, 6.07) is 18.9. The number of para-hydroxylation sites is 1. The maximum Gasteiger partial charge on any atom is 0.253 e. The van der Waals surface area contributed by atoms with E-state index in [2.05, 4.69) is 15.6 Å². The molecule has 0 saturated carbocycles. The number of nitrogens with one attached hydrogen (secondary N) is 2. The van der Waals surface area contributed by atoms with Crippen LogP contribution in [0.15, 0.2) is 66.9 Å². The number of benzene rings is 2. The average molecular weight is 352 g/mol. The molecule has 1 aromatic heterocycles. The number of halogens is 1. The lowest BCUT2D eigenvalue weighted by atomic mass is 10.2. The Balaban J connectivity index is 1.63. The van der Waals surface area contributed by atoms with Crippen LogP contribution in [0.25, 0.3) is 0 Å². The maximum atomic E-state index is 12.2. The van der Waals surface area contributed by atoms with Crippen LogP contribution in [0.2, 0.25) is 5.02 Å². The number of amides is 1. The molecule has 0 aliphatic carbocycles. The summed E-state index contributed by atoms with van der Waals surface area (Å²) in [7, 11) is 0. The molecular weight excluding hydrogens is 334 g/mol. The van der Waals surface area contributed by atoms with Crippen LogP contribution in [0.3, 0.4) is 0 Å². The fourth-order valence-corrected chi connectivity index (χ4v) is 2.58. The molecule has 0 bridgehead atoms. The molecule has 0 spiro atoms. The molecule has 5 heteroatoms. The number of hydrogen-bond donors (Lipinski definition) is 2. The summed E-state index contributed by atoms with van der Waals surface area (Å²) in [5.41, 5.74) is 3.50. The van der Waals surface area contributed by atoms with E-state index in [-0.39, 0.29) is 5.91 Å². The van der Waals surface area contributed by atoms with Crippen LogP contribution in [0.1, 0.15) is 21.5 Å². The number of hydrogen-bond acceptors (Lipinski definition) is 3. The van der Waals surface area contributed by atoms with E-state index in [1.165, 1.54) is 0 Å². The third-order valence-corrected chi connectivity index (χ3v) is 4.20. The zero-order chi connectivity index (χ0) is 17.6. The van der Waals surface area contributed by atoms with Gasteiger partial charge in [-0.05, 0) is 42.3 Å². The second-order valence-corrected chi connectivity index (χ2v) is 6.05. The molecule has 0 atom stereocenters. The summed E-state index contributed by atoms with van der Waals surface area (Å²) >= 11 is 6.09. The van der Waals surface area contributed by atoms with Crippen LogP contribution in [0, 0.1) is 6.92 Å². The summed E-state index contributed by atoms with van der Waals surface area (Å²) in [6.45, 7) is 2.40. The van der Waals surface area contributed by atoms with Crippen LogP contribution in [0.4, 0.5) is 11.5 Å². The summed E-state index contributed by atoms with van der Waals surface area (Å²) in [4.78, 5) is 16.5. The lowest BCUT2D eigenvalue weighted by Crippen LogP contribution is -2.23. The predicted octanol–water partition coefficient (Wildman–Crippen LogP) is 4.72. The molecule has 0 fully saturated rings. The quantitative estimate of drug-likeness (QED) is 0.699. The molecule has 0 unspecified atom stereocenters. The minimum Gasteiger partial charge on any atom is -0.348 e. The van der Waals surface area contributed by atoms with Gasteiger partial charge < -0.3 is 10.6 Å². The number of rotatable bonds is 5. The molecule has 0 radical (unpaired) electrons.